The summed E-state index contributed by atoms with van der Waals surface area (Å²) in [6.45, 7) is 7.34. The van der Waals surface area contributed by atoms with Gasteiger partial charge in [-0.2, -0.15) is 0 Å². The third-order valence-electron chi connectivity index (χ3n) is 5.32. The van der Waals surface area contributed by atoms with Crippen LogP contribution in [0.3, 0.4) is 0 Å². The Morgan fingerprint density at radius 2 is 2.00 bits per heavy atom. The number of nitrogens with one attached hydrogen (secondary N) is 1. The van der Waals surface area contributed by atoms with E-state index in [1.165, 1.54) is 57.4 Å². The molecule has 1 aromatic rings. The molecule has 3 rings (SSSR count). The average Bonchev–Trinajstić information content (AvgIpc) is 2.50. The van der Waals surface area contributed by atoms with Crippen LogP contribution < -0.4 is 5.32 Å². The van der Waals surface area contributed by atoms with Crippen molar-refractivity contribution in [1.82, 2.24) is 10.2 Å². The van der Waals surface area contributed by atoms with Crippen LogP contribution in [0.25, 0.3) is 0 Å². The van der Waals surface area contributed by atoms with E-state index in [0.717, 1.165) is 11.4 Å². The van der Waals surface area contributed by atoms with E-state index in [9.17, 15) is 0 Å². The summed E-state index contributed by atoms with van der Waals surface area (Å²) in [5, 5.41) is 4.45. The first kappa shape index (κ1) is 15.3. The van der Waals surface area contributed by atoms with Gasteiger partial charge in [-0.3, -0.25) is 4.90 Å². The van der Waals surface area contributed by atoms with Crippen LogP contribution in [0, 0.1) is 5.41 Å². The van der Waals surface area contributed by atoms with Gasteiger partial charge < -0.3 is 5.32 Å². The number of benzene rings is 1. The number of rotatable bonds is 3. The Balaban J connectivity index is 1.61. The fourth-order valence-electron chi connectivity index (χ4n) is 4.09. The monoisotopic (exact) mass is 306 g/mol. The van der Waals surface area contributed by atoms with E-state index >= 15 is 0 Å². The minimum atomic E-state index is 0.546. The largest absolute Gasteiger partial charge is 0.316 e. The Morgan fingerprint density at radius 3 is 2.71 bits per heavy atom. The predicted molar refractivity (Wildman–Crippen MR) is 90.0 cm³/mol. The molecular weight excluding hydrogens is 280 g/mol. The van der Waals surface area contributed by atoms with Gasteiger partial charge in [0.2, 0.25) is 0 Å². The lowest BCUT2D eigenvalue weighted by atomic mass is 9.74. The van der Waals surface area contributed by atoms with Crippen LogP contribution >= 0.6 is 11.6 Å². The number of likely N-dealkylation sites (tertiary alicyclic amines) is 1. The Labute approximate surface area is 133 Å². The molecule has 0 saturated carbocycles. The van der Waals surface area contributed by atoms with Gasteiger partial charge in [-0.15, -0.1) is 0 Å². The quantitative estimate of drug-likeness (QED) is 0.915. The average molecular weight is 307 g/mol. The molecule has 2 nitrogen and oxygen atoms in total. The van der Waals surface area contributed by atoms with Crippen molar-refractivity contribution in [2.45, 2.75) is 45.1 Å². The highest BCUT2D eigenvalue weighted by Crippen LogP contribution is 2.36. The van der Waals surface area contributed by atoms with E-state index in [0.29, 0.717) is 11.5 Å². The number of nitrogens with zero attached hydrogens (tertiary/aromatic N) is 1. The summed E-state index contributed by atoms with van der Waals surface area (Å²) in [5.41, 5.74) is 1.94. The maximum Gasteiger partial charge on any atom is 0.0406 e. The van der Waals surface area contributed by atoms with Crippen LogP contribution in [0.4, 0.5) is 0 Å². The molecule has 0 aromatic heterocycles. The highest BCUT2D eigenvalue weighted by molar-refractivity contribution is 6.30. The van der Waals surface area contributed by atoms with Gasteiger partial charge in [0.1, 0.15) is 0 Å². The van der Waals surface area contributed by atoms with Gasteiger partial charge in [0.15, 0.2) is 0 Å². The fraction of sp³-hybridized carbons (Fsp3) is 0.667. The second kappa shape index (κ2) is 6.68. The van der Waals surface area contributed by atoms with E-state index in [-0.39, 0.29) is 0 Å². The van der Waals surface area contributed by atoms with Crippen molar-refractivity contribution in [3.05, 3.63) is 34.9 Å². The van der Waals surface area contributed by atoms with Crippen LogP contribution in [0.5, 0.6) is 0 Å². The van der Waals surface area contributed by atoms with Crippen LogP contribution in [0.2, 0.25) is 5.02 Å². The molecule has 2 saturated heterocycles. The maximum atomic E-state index is 5.98. The van der Waals surface area contributed by atoms with Gasteiger partial charge in [-0.1, -0.05) is 23.7 Å². The Bertz CT molecular complexity index is 445. The number of halogens is 1. The van der Waals surface area contributed by atoms with Gasteiger partial charge in [-0.25, -0.2) is 0 Å². The molecule has 3 heteroatoms. The molecule has 2 heterocycles. The molecule has 2 atom stereocenters. The lowest BCUT2D eigenvalue weighted by molar-refractivity contribution is 0.0420. The Morgan fingerprint density at radius 1 is 1.24 bits per heavy atom. The summed E-state index contributed by atoms with van der Waals surface area (Å²) >= 11 is 5.98. The second-order valence-corrected chi connectivity index (χ2v) is 7.47. The lowest BCUT2D eigenvalue weighted by Crippen LogP contribution is -2.53. The summed E-state index contributed by atoms with van der Waals surface area (Å²) in [7, 11) is 0. The van der Waals surface area contributed by atoms with Crippen LogP contribution in [0.15, 0.2) is 24.3 Å². The molecule has 21 heavy (non-hydrogen) atoms. The highest BCUT2D eigenvalue weighted by Gasteiger charge is 2.37. The van der Waals surface area contributed by atoms with Crippen molar-refractivity contribution in [3.8, 4) is 0 Å². The van der Waals surface area contributed by atoms with Crippen molar-refractivity contribution >= 4 is 11.6 Å². The van der Waals surface area contributed by atoms with E-state index in [4.69, 9.17) is 11.6 Å². The van der Waals surface area contributed by atoms with Gasteiger partial charge in [0.05, 0.1) is 0 Å². The van der Waals surface area contributed by atoms with Crippen molar-refractivity contribution in [2.75, 3.05) is 26.2 Å². The molecule has 1 spiro atoms. The maximum absolute atomic E-state index is 5.98. The molecule has 116 valence electrons. The standard InChI is InChI=1S/C18H27ClN2/c1-15(12-16-4-6-17(19)7-5-16)21-11-3-9-18(14-21)8-2-10-20-13-18/h4-7,15,20H,2-3,8-14H2,1H3. The third kappa shape index (κ3) is 3.80. The second-order valence-electron chi connectivity index (χ2n) is 7.03. The molecule has 0 radical (unpaired) electrons. The lowest BCUT2D eigenvalue weighted by Gasteiger charge is -2.47. The normalized spacial score (nSPS) is 28.7. The number of hydrogen-bond acceptors (Lipinski definition) is 2. The van der Waals surface area contributed by atoms with E-state index < -0.39 is 0 Å². The van der Waals surface area contributed by atoms with Crippen molar-refractivity contribution < 1.29 is 0 Å². The zero-order valence-corrected chi connectivity index (χ0v) is 13.8. The summed E-state index contributed by atoms with van der Waals surface area (Å²) < 4.78 is 0. The number of hydrogen-bond donors (Lipinski definition) is 1. The van der Waals surface area contributed by atoms with Crippen LogP contribution in [0.1, 0.15) is 38.2 Å². The summed E-state index contributed by atoms with van der Waals surface area (Å²) in [6.07, 6.45) is 6.64. The first-order valence-electron chi connectivity index (χ1n) is 8.36. The van der Waals surface area contributed by atoms with E-state index in [2.05, 4.69) is 29.3 Å². The van der Waals surface area contributed by atoms with E-state index in [1.54, 1.807) is 0 Å². The first-order valence-corrected chi connectivity index (χ1v) is 8.74. The summed E-state index contributed by atoms with van der Waals surface area (Å²) in [4.78, 5) is 2.71. The van der Waals surface area contributed by atoms with Crippen LogP contribution in [-0.4, -0.2) is 37.1 Å². The fourth-order valence-corrected chi connectivity index (χ4v) is 4.22. The molecular formula is C18H27ClN2. The number of piperidine rings is 2. The summed E-state index contributed by atoms with van der Waals surface area (Å²) in [6, 6.07) is 8.96. The van der Waals surface area contributed by atoms with Crippen molar-refractivity contribution in [3.63, 3.8) is 0 Å². The smallest absolute Gasteiger partial charge is 0.0406 e. The summed E-state index contributed by atoms with van der Waals surface area (Å²) in [5.74, 6) is 0. The minimum Gasteiger partial charge on any atom is -0.316 e. The third-order valence-corrected chi connectivity index (χ3v) is 5.57. The predicted octanol–water partition coefficient (Wildman–Crippen LogP) is 3.74. The Kier molecular flexibility index (Phi) is 4.88. The topological polar surface area (TPSA) is 15.3 Å². The van der Waals surface area contributed by atoms with Gasteiger partial charge >= 0.3 is 0 Å². The SMILES string of the molecule is CC(Cc1ccc(Cl)cc1)N1CCCC2(CCCNC2)C1. The van der Waals surface area contributed by atoms with Crippen LogP contribution in [-0.2, 0) is 6.42 Å². The molecule has 2 unspecified atom stereocenters. The molecule has 0 aliphatic carbocycles. The highest BCUT2D eigenvalue weighted by atomic mass is 35.5. The molecule has 1 N–H and O–H groups in total. The molecule has 0 amide bonds. The van der Waals surface area contributed by atoms with Crippen molar-refractivity contribution in [2.24, 2.45) is 5.41 Å². The van der Waals surface area contributed by atoms with Gasteiger partial charge in [-0.05, 0) is 75.2 Å². The Hall–Kier alpha value is -0.570. The molecule has 2 aliphatic rings. The van der Waals surface area contributed by atoms with E-state index in [1.807, 2.05) is 12.1 Å². The molecule has 2 fully saturated rings. The first-order chi connectivity index (χ1) is 10.2. The zero-order chi connectivity index (χ0) is 14.7. The molecule has 0 bridgehead atoms. The molecule has 1 aromatic carbocycles. The zero-order valence-electron chi connectivity index (χ0n) is 13.1. The van der Waals surface area contributed by atoms with Gasteiger partial charge in [0.25, 0.3) is 0 Å². The van der Waals surface area contributed by atoms with Crippen molar-refractivity contribution in [1.29, 1.82) is 0 Å². The molecule has 2 aliphatic heterocycles. The minimum absolute atomic E-state index is 0.546. The van der Waals surface area contributed by atoms with Gasteiger partial charge in [0, 0.05) is 24.2 Å².